The number of anilines is 1. The lowest BCUT2D eigenvalue weighted by atomic mass is 9.85. The molecule has 0 saturated carbocycles. The van der Waals surface area contributed by atoms with Crippen LogP contribution < -0.4 is 9.64 Å². The van der Waals surface area contributed by atoms with Crippen molar-refractivity contribution >= 4 is 5.69 Å². The number of aliphatic hydroxyl groups is 1. The fourth-order valence-electron chi connectivity index (χ4n) is 3.77. The maximum Gasteiger partial charge on any atom is 0.146 e. The number of benzene rings is 2. The number of hydrogen-bond donors (Lipinski definition) is 1. The zero-order valence-corrected chi connectivity index (χ0v) is 18.0. The van der Waals surface area contributed by atoms with E-state index in [9.17, 15) is 9.50 Å². The van der Waals surface area contributed by atoms with Gasteiger partial charge in [0.1, 0.15) is 24.3 Å². The summed E-state index contributed by atoms with van der Waals surface area (Å²) in [5.74, 6) is 0.661. The van der Waals surface area contributed by atoms with E-state index < -0.39 is 6.10 Å². The molecule has 1 heterocycles. The highest BCUT2D eigenvalue weighted by Gasteiger charge is 2.23. The first-order chi connectivity index (χ1) is 13.7. The number of halogens is 1. The molecule has 0 aromatic heterocycles. The summed E-state index contributed by atoms with van der Waals surface area (Å²) in [6.07, 6.45) is -0.566. The largest absolute Gasteiger partial charge is 0.491 e. The molecule has 0 radical (unpaired) electrons. The van der Waals surface area contributed by atoms with Crippen molar-refractivity contribution in [3.05, 3.63) is 59.4 Å². The zero-order valence-electron chi connectivity index (χ0n) is 18.0. The molecule has 3 rings (SSSR count). The summed E-state index contributed by atoms with van der Waals surface area (Å²) in [6, 6.07) is 13.1. The molecule has 29 heavy (non-hydrogen) atoms. The van der Waals surface area contributed by atoms with Crippen LogP contribution in [0.2, 0.25) is 0 Å². The fraction of sp³-hybridized carbons (Fsp3) is 0.500. The number of nitrogens with zero attached hydrogens (tertiary/aromatic N) is 2. The summed E-state index contributed by atoms with van der Waals surface area (Å²) < 4.78 is 20.0. The lowest BCUT2D eigenvalue weighted by molar-refractivity contribution is 0.0656. The van der Waals surface area contributed by atoms with Crippen molar-refractivity contribution in [1.29, 1.82) is 0 Å². The number of hydrogen-bond acceptors (Lipinski definition) is 4. The normalized spacial score (nSPS) is 16.7. The summed E-state index contributed by atoms with van der Waals surface area (Å²) in [7, 11) is 0. The Kier molecular flexibility index (Phi) is 6.81. The predicted molar refractivity (Wildman–Crippen MR) is 116 cm³/mol. The second kappa shape index (κ2) is 9.14. The van der Waals surface area contributed by atoms with E-state index in [1.807, 2.05) is 24.3 Å². The van der Waals surface area contributed by atoms with Gasteiger partial charge in [-0.1, -0.05) is 50.6 Å². The molecule has 0 bridgehead atoms. The van der Waals surface area contributed by atoms with Crippen LogP contribution in [0.5, 0.6) is 5.75 Å². The number of β-amino-alcohol motifs (C(OH)–C–C–N with tert-alkyl or cyclic N) is 1. The van der Waals surface area contributed by atoms with E-state index in [1.54, 1.807) is 6.07 Å². The van der Waals surface area contributed by atoms with Crippen LogP contribution in [-0.2, 0) is 5.41 Å². The van der Waals surface area contributed by atoms with Crippen LogP contribution in [0.15, 0.2) is 42.5 Å². The number of rotatable bonds is 6. The standard InChI is InChI=1S/C24H33FN2O2/c1-18-9-10-23(20(15-18)24(2,3)4)29-17-19(28)16-26-11-13-27(14-12-26)22-8-6-5-7-21(22)25/h5-10,15,19,28H,11-14,16-17H2,1-4H3/t19-/m0/s1. The van der Waals surface area contributed by atoms with Gasteiger partial charge >= 0.3 is 0 Å². The number of piperazine rings is 1. The molecule has 1 N–H and O–H groups in total. The van der Waals surface area contributed by atoms with Crippen LogP contribution >= 0.6 is 0 Å². The Morgan fingerprint density at radius 3 is 2.41 bits per heavy atom. The van der Waals surface area contributed by atoms with Crippen LogP contribution in [-0.4, -0.2) is 55.4 Å². The molecular weight excluding hydrogens is 367 g/mol. The molecule has 4 nitrogen and oxygen atoms in total. The SMILES string of the molecule is Cc1ccc(OC[C@@H](O)CN2CCN(c3ccccc3F)CC2)c(C(C)(C)C)c1. The van der Waals surface area contributed by atoms with Gasteiger partial charge < -0.3 is 14.7 Å². The highest BCUT2D eigenvalue weighted by molar-refractivity contribution is 5.48. The first-order valence-electron chi connectivity index (χ1n) is 10.4. The monoisotopic (exact) mass is 400 g/mol. The third kappa shape index (κ3) is 5.71. The lowest BCUT2D eigenvalue weighted by Gasteiger charge is -2.37. The van der Waals surface area contributed by atoms with Gasteiger partial charge in [0.15, 0.2) is 0 Å². The molecular formula is C24H33FN2O2. The molecule has 0 spiro atoms. The van der Waals surface area contributed by atoms with Crippen molar-refractivity contribution in [3.63, 3.8) is 0 Å². The highest BCUT2D eigenvalue weighted by Crippen LogP contribution is 2.32. The van der Waals surface area contributed by atoms with Gasteiger partial charge in [-0.25, -0.2) is 4.39 Å². The minimum Gasteiger partial charge on any atom is -0.491 e. The minimum atomic E-state index is -0.566. The quantitative estimate of drug-likeness (QED) is 0.795. The second-order valence-electron chi connectivity index (χ2n) is 8.95. The number of ether oxygens (including phenoxy) is 1. The van der Waals surface area contributed by atoms with Crippen molar-refractivity contribution in [2.24, 2.45) is 0 Å². The number of para-hydroxylation sites is 1. The van der Waals surface area contributed by atoms with Crippen molar-refractivity contribution in [2.75, 3.05) is 44.2 Å². The Morgan fingerprint density at radius 1 is 1.07 bits per heavy atom. The Bertz CT molecular complexity index is 811. The lowest BCUT2D eigenvalue weighted by Crippen LogP contribution is -2.49. The topological polar surface area (TPSA) is 35.9 Å². The van der Waals surface area contributed by atoms with Crippen LogP contribution in [0.1, 0.15) is 31.9 Å². The van der Waals surface area contributed by atoms with Gasteiger partial charge in [-0.05, 0) is 36.1 Å². The fourth-order valence-corrected chi connectivity index (χ4v) is 3.77. The van der Waals surface area contributed by atoms with Crippen molar-refractivity contribution < 1.29 is 14.2 Å². The molecule has 158 valence electrons. The molecule has 5 heteroatoms. The average molecular weight is 401 g/mol. The van der Waals surface area contributed by atoms with Gasteiger partial charge in [-0.2, -0.15) is 0 Å². The molecule has 1 aliphatic rings. The Morgan fingerprint density at radius 2 is 1.76 bits per heavy atom. The third-order valence-electron chi connectivity index (χ3n) is 5.41. The van der Waals surface area contributed by atoms with E-state index in [0.717, 1.165) is 37.5 Å². The second-order valence-corrected chi connectivity index (χ2v) is 8.95. The zero-order chi connectivity index (χ0) is 21.0. The van der Waals surface area contributed by atoms with Crippen molar-refractivity contribution in [1.82, 2.24) is 4.90 Å². The smallest absolute Gasteiger partial charge is 0.146 e. The summed E-state index contributed by atoms with van der Waals surface area (Å²) in [5.41, 5.74) is 3.00. The van der Waals surface area contributed by atoms with Gasteiger partial charge in [-0.15, -0.1) is 0 Å². The first-order valence-corrected chi connectivity index (χ1v) is 10.4. The first kappa shape index (κ1) is 21.6. The van der Waals surface area contributed by atoms with Gasteiger partial charge in [0.25, 0.3) is 0 Å². The molecule has 0 unspecified atom stereocenters. The summed E-state index contributed by atoms with van der Waals surface area (Å²) in [6.45, 7) is 12.5. The highest BCUT2D eigenvalue weighted by atomic mass is 19.1. The summed E-state index contributed by atoms with van der Waals surface area (Å²) in [5, 5.41) is 10.5. The van der Waals surface area contributed by atoms with E-state index >= 15 is 0 Å². The van der Waals surface area contributed by atoms with E-state index in [4.69, 9.17) is 4.74 Å². The van der Waals surface area contributed by atoms with Gasteiger partial charge in [-0.3, -0.25) is 4.90 Å². The molecule has 2 aromatic carbocycles. The van der Waals surface area contributed by atoms with Gasteiger partial charge in [0.05, 0.1) is 5.69 Å². The number of aliphatic hydroxyl groups excluding tert-OH is 1. The molecule has 2 aromatic rings. The maximum absolute atomic E-state index is 14.0. The predicted octanol–water partition coefficient (Wildman–Crippen LogP) is 3.99. The Balaban J connectivity index is 1.50. The van der Waals surface area contributed by atoms with Gasteiger partial charge in [0.2, 0.25) is 0 Å². The number of aryl methyl sites for hydroxylation is 1. The molecule has 1 saturated heterocycles. The molecule has 1 aliphatic heterocycles. The molecule has 0 amide bonds. The van der Waals surface area contributed by atoms with Crippen LogP contribution in [0.25, 0.3) is 0 Å². The minimum absolute atomic E-state index is 0.0185. The average Bonchev–Trinajstić information content (AvgIpc) is 2.67. The molecule has 0 aliphatic carbocycles. The van der Waals surface area contributed by atoms with E-state index in [0.29, 0.717) is 12.2 Å². The van der Waals surface area contributed by atoms with Crippen LogP contribution in [0.3, 0.4) is 0 Å². The maximum atomic E-state index is 14.0. The van der Waals surface area contributed by atoms with E-state index in [-0.39, 0.29) is 17.8 Å². The van der Waals surface area contributed by atoms with Crippen molar-refractivity contribution in [3.8, 4) is 5.75 Å². The van der Waals surface area contributed by atoms with E-state index in [1.165, 1.54) is 11.6 Å². The van der Waals surface area contributed by atoms with Crippen LogP contribution in [0, 0.1) is 12.7 Å². The Hall–Kier alpha value is -2.11. The van der Waals surface area contributed by atoms with E-state index in [2.05, 4.69) is 43.6 Å². The summed E-state index contributed by atoms with van der Waals surface area (Å²) >= 11 is 0. The third-order valence-corrected chi connectivity index (χ3v) is 5.41. The molecule has 1 atom stereocenters. The van der Waals surface area contributed by atoms with Gasteiger partial charge in [0, 0.05) is 32.7 Å². The Labute approximate surface area is 173 Å². The summed E-state index contributed by atoms with van der Waals surface area (Å²) in [4.78, 5) is 4.28. The van der Waals surface area contributed by atoms with Crippen LogP contribution in [0.4, 0.5) is 10.1 Å². The molecule has 1 fully saturated rings. The van der Waals surface area contributed by atoms with Crippen molar-refractivity contribution in [2.45, 2.75) is 39.2 Å².